The van der Waals surface area contributed by atoms with Crippen molar-refractivity contribution in [1.82, 2.24) is 0 Å². The second-order valence-electron chi connectivity index (χ2n) is 16.4. The summed E-state index contributed by atoms with van der Waals surface area (Å²) in [6.45, 7) is 0. The third-order valence-corrected chi connectivity index (χ3v) is 12.9. The molecule has 0 bridgehead atoms. The second-order valence-corrected chi connectivity index (χ2v) is 16.4. The fourth-order valence-corrected chi connectivity index (χ4v) is 9.91. The maximum atomic E-state index is 6.47. The van der Waals surface area contributed by atoms with E-state index in [-0.39, 0.29) is 0 Å². The van der Waals surface area contributed by atoms with Crippen LogP contribution in [0, 0.1) is 0 Å². The minimum atomic E-state index is 0.890. The molecule has 0 aliphatic carbocycles. The Morgan fingerprint density at radius 3 is 1.60 bits per heavy atom. The van der Waals surface area contributed by atoms with Crippen LogP contribution in [0.5, 0.6) is 0 Å². The van der Waals surface area contributed by atoms with E-state index >= 15 is 0 Å². The molecule has 0 atom stereocenters. The van der Waals surface area contributed by atoms with Gasteiger partial charge in [-0.25, -0.2) is 0 Å². The lowest BCUT2D eigenvalue weighted by Gasteiger charge is -2.28. The third kappa shape index (κ3) is 5.67. The molecule has 0 fully saturated rings. The molecule has 11 aromatic carbocycles. The Kier molecular flexibility index (Phi) is 7.91. The summed E-state index contributed by atoms with van der Waals surface area (Å²) >= 11 is 0. The van der Waals surface area contributed by atoms with E-state index in [1.165, 1.54) is 37.9 Å². The van der Waals surface area contributed by atoms with Gasteiger partial charge in [-0.15, -0.1) is 0 Å². The van der Waals surface area contributed by atoms with Crippen LogP contribution in [-0.2, 0) is 0 Å². The lowest BCUT2D eigenvalue weighted by molar-refractivity contribution is 0.669. The van der Waals surface area contributed by atoms with Crippen molar-refractivity contribution in [2.24, 2.45) is 0 Å². The zero-order valence-corrected chi connectivity index (χ0v) is 34.1. The highest BCUT2D eigenvalue weighted by molar-refractivity contribution is 6.15. The first-order chi connectivity index (χ1) is 31.2. The van der Waals surface area contributed by atoms with E-state index in [1.807, 2.05) is 24.3 Å². The standard InChI is InChI=1S/C60H37NO2/c1-4-15-46-38(12-1)28-34-47(42-29-35-53-51-18-7-9-22-56(51)62-58(53)37-42)59(46)40-26-32-44(33-27-40)61(55-36-41-13-2-3-14-45(41)49-16-5-6-17-50(49)55)43-30-24-39(25-31-43)48-20-11-21-54-52-19-8-10-23-57(52)63-60(48)54/h1-37H. The molecule has 0 spiro atoms. The van der Waals surface area contributed by atoms with Crippen molar-refractivity contribution < 1.29 is 8.83 Å². The van der Waals surface area contributed by atoms with Crippen LogP contribution in [0.25, 0.3) is 110 Å². The molecule has 2 aromatic heterocycles. The van der Waals surface area contributed by atoms with E-state index in [4.69, 9.17) is 8.83 Å². The smallest absolute Gasteiger partial charge is 0.143 e. The van der Waals surface area contributed by atoms with Crippen LogP contribution >= 0.6 is 0 Å². The van der Waals surface area contributed by atoms with Gasteiger partial charge >= 0.3 is 0 Å². The molecule has 3 heteroatoms. The number of nitrogens with zero attached hydrogens (tertiary/aromatic N) is 1. The maximum Gasteiger partial charge on any atom is 0.143 e. The van der Waals surface area contributed by atoms with Gasteiger partial charge in [0.2, 0.25) is 0 Å². The zero-order valence-electron chi connectivity index (χ0n) is 34.1. The van der Waals surface area contributed by atoms with Crippen molar-refractivity contribution in [2.45, 2.75) is 0 Å². The highest BCUT2D eigenvalue weighted by Crippen LogP contribution is 2.45. The Morgan fingerprint density at radius 1 is 0.286 bits per heavy atom. The van der Waals surface area contributed by atoms with Gasteiger partial charge < -0.3 is 13.7 Å². The van der Waals surface area contributed by atoms with Gasteiger partial charge in [-0.05, 0) is 109 Å². The molecule has 0 amide bonds. The molecular weight excluding hydrogens is 767 g/mol. The normalized spacial score (nSPS) is 11.8. The van der Waals surface area contributed by atoms with E-state index in [0.29, 0.717) is 0 Å². The summed E-state index contributed by atoms with van der Waals surface area (Å²) in [5.41, 5.74) is 13.7. The van der Waals surface area contributed by atoms with Gasteiger partial charge in [0.15, 0.2) is 0 Å². The molecular formula is C60H37NO2. The minimum absolute atomic E-state index is 0.890. The second kappa shape index (κ2) is 14.1. The first-order valence-corrected chi connectivity index (χ1v) is 21.5. The van der Waals surface area contributed by atoms with Crippen molar-refractivity contribution in [3.05, 3.63) is 224 Å². The summed E-state index contributed by atoms with van der Waals surface area (Å²) in [7, 11) is 0. The van der Waals surface area contributed by atoms with Crippen LogP contribution in [0.3, 0.4) is 0 Å². The van der Waals surface area contributed by atoms with Crippen LogP contribution in [0.15, 0.2) is 233 Å². The highest BCUT2D eigenvalue weighted by Gasteiger charge is 2.20. The number of rotatable bonds is 6. The third-order valence-electron chi connectivity index (χ3n) is 12.9. The SMILES string of the molecule is c1ccc2c(-c3ccc(N(c4ccc(-c5cccc6c5oc5ccccc56)cc4)c4cc5ccccc5c5ccccc45)cc3)c(-c3ccc4c(c3)oc3ccccc34)ccc2c1. The molecule has 0 N–H and O–H groups in total. The average Bonchev–Trinajstić information content (AvgIpc) is 3.93. The number of hydrogen-bond donors (Lipinski definition) is 0. The van der Waals surface area contributed by atoms with E-state index in [1.54, 1.807) is 0 Å². The maximum absolute atomic E-state index is 6.47. The van der Waals surface area contributed by atoms with Crippen molar-refractivity contribution in [3.63, 3.8) is 0 Å². The predicted molar refractivity (Wildman–Crippen MR) is 265 cm³/mol. The molecule has 13 rings (SSSR count). The van der Waals surface area contributed by atoms with Crippen molar-refractivity contribution in [2.75, 3.05) is 4.90 Å². The minimum Gasteiger partial charge on any atom is -0.456 e. The first kappa shape index (κ1) is 35.4. The van der Waals surface area contributed by atoms with E-state index in [9.17, 15) is 0 Å². The molecule has 0 radical (unpaired) electrons. The van der Waals surface area contributed by atoms with Crippen molar-refractivity contribution >= 4 is 93.3 Å². The lowest BCUT2D eigenvalue weighted by Crippen LogP contribution is -2.10. The van der Waals surface area contributed by atoms with E-state index in [0.717, 1.165) is 88.8 Å². The van der Waals surface area contributed by atoms with Crippen LogP contribution < -0.4 is 4.90 Å². The largest absolute Gasteiger partial charge is 0.456 e. The number of anilines is 3. The molecule has 0 aliphatic heterocycles. The summed E-state index contributed by atoms with van der Waals surface area (Å²) < 4.78 is 12.9. The van der Waals surface area contributed by atoms with Gasteiger partial charge in [0.1, 0.15) is 22.3 Å². The fraction of sp³-hybridized carbons (Fsp3) is 0. The quantitative estimate of drug-likeness (QED) is 0.157. The molecule has 0 aliphatic rings. The predicted octanol–water partition coefficient (Wildman–Crippen LogP) is 17.4. The molecule has 13 aromatic rings. The summed E-state index contributed by atoms with van der Waals surface area (Å²) in [6.07, 6.45) is 0. The summed E-state index contributed by atoms with van der Waals surface area (Å²) in [6, 6.07) is 80.6. The van der Waals surface area contributed by atoms with E-state index < -0.39 is 0 Å². The monoisotopic (exact) mass is 803 g/mol. The van der Waals surface area contributed by atoms with E-state index in [2.05, 4.69) is 205 Å². The molecule has 3 nitrogen and oxygen atoms in total. The van der Waals surface area contributed by atoms with Crippen molar-refractivity contribution in [3.8, 4) is 33.4 Å². The molecule has 0 unspecified atom stereocenters. The van der Waals surface area contributed by atoms with Gasteiger partial charge in [0.05, 0.1) is 5.69 Å². The lowest BCUT2D eigenvalue weighted by atomic mass is 9.89. The van der Waals surface area contributed by atoms with Gasteiger partial charge in [0.25, 0.3) is 0 Å². The molecule has 63 heavy (non-hydrogen) atoms. The number of fused-ring (bicyclic) bond motifs is 10. The molecule has 0 saturated heterocycles. The van der Waals surface area contributed by atoms with Crippen LogP contribution in [0.1, 0.15) is 0 Å². The Morgan fingerprint density at radius 2 is 0.841 bits per heavy atom. The number of hydrogen-bond acceptors (Lipinski definition) is 3. The summed E-state index contributed by atoms with van der Waals surface area (Å²) in [5, 5.41) is 11.8. The van der Waals surface area contributed by atoms with Crippen LogP contribution in [-0.4, -0.2) is 0 Å². The van der Waals surface area contributed by atoms with Gasteiger partial charge in [0, 0.05) is 43.9 Å². The van der Waals surface area contributed by atoms with Gasteiger partial charge in [-0.3, -0.25) is 0 Å². The molecule has 294 valence electrons. The first-order valence-electron chi connectivity index (χ1n) is 21.5. The van der Waals surface area contributed by atoms with Crippen molar-refractivity contribution in [1.29, 1.82) is 0 Å². The molecule has 2 heterocycles. The fourth-order valence-electron chi connectivity index (χ4n) is 9.91. The Labute approximate surface area is 363 Å². The summed E-state index contributed by atoms with van der Waals surface area (Å²) in [5.74, 6) is 0. The number of para-hydroxylation sites is 3. The average molecular weight is 804 g/mol. The van der Waals surface area contributed by atoms with Gasteiger partial charge in [-0.2, -0.15) is 0 Å². The van der Waals surface area contributed by atoms with Crippen LogP contribution in [0.2, 0.25) is 0 Å². The Balaban J connectivity index is 0.974. The Hall–Kier alpha value is -8.40. The summed E-state index contributed by atoms with van der Waals surface area (Å²) in [4.78, 5) is 2.41. The topological polar surface area (TPSA) is 29.5 Å². The Bertz CT molecular complexity index is 3910. The number of furan rings is 2. The molecule has 0 saturated carbocycles. The highest BCUT2D eigenvalue weighted by atomic mass is 16.3. The number of benzene rings is 11. The van der Waals surface area contributed by atoms with Crippen LogP contribution in [0.4, 0.5) is 17.1 Å². The zero-order chi connectivity index (χ0) is 41.4. The van der Waals surface area contributed by atoms with Gasteiger partial charge in [-0.1, -0.05) is 170 Å².